The van der Waals surface area contributed by atoms with Gasteiger partial charge in [0.05, 0.1) is 18.9 Å². The molecule has 8 nitrogen and oxygen atoms in total. The lowest BCUT2D eigenvalue weighted by atomic mass is 10.0. The second-order valence-electron chi connectivity index (χ2n) is 7.82. The highest BCUT2D eigenvalue weighted by atomic mass is 35.5. The minimum absolute atomic E-state index is 0.123. The van der Waals surface area contributed by atoms with Gasteiger partial charge in [0.15, 0.2) is 0 Å². The number of benzene rings is 1. The van der Waals surface area contributed by atoms with Gasteiger partial charge in [0.2, 0.25) is 0 Å². The number of hydrogen-bond acceptors (Lipinski definition) is 6. The Morgan fingerprint density at radius 1 is 1.00 bits per heavy atom. The van der Waals surface area contributed by atoms with Gasteiger partial charge >= 0.3 is 12.2 Å². The van der Waals surface area contributed by atoms with Gasteiger partial charge in [0.25, 0.3) is 0 Å². The quantitative estimate of drug-likeness (QED) is 0.325. The number of halogens is 1. The zero-order chi connectivity index (χ0) is 24.9. The third kappa shape index (κ3) is 5.44. The number of rotatable bonds is 6. The minimum atomic E-state index is -0.835. The number of amides is 2. The van der Waals surface area contributed by atoms with Crippen molar-refractivity contribution >= 4 is 35.3 Å². The number of carbonyl (C=O) groups excluding carboxylic acids is 2. The molecule has 1 aromatic carbocycles. The lowest BCUT2D eigenvalue weighted by molar-refractivity contribution is 0.140. The third-order valence-electron chi connectivity index (χ3n) is 5.21. The molecule has 0 radical (unpaired) electrons. The SMILES string of the molecule is CCOC(=O)N(C(=O)OCC)c1ccc(Cc2cc(-c3cccc(Cl)c3)c3nc(C)cn3c2)cn1. The summed E-state index contributed by atoms with van der Waals surface area (Å²) in [5, 5.41) is 0.655. The standard InChI is InChI=1S/C26H25ClN4O4/c1-4-34-25(32)31(26(33)35-5-2)23-10-9-18(14-28-23)11-19-12-22(20-7-6-8-21(27)13-20)24-29-17(3)15-30(24)16-19/h6-10,12-16H,4-5,11H2,1-3H3. The summed E-state index contributed by atoms with van der Waals surface area (Å²) < 4.78 is 12.0. The molecule has 0 unspecified atom stereocenters. The number of imide groups is 1. The Morgan fingerprint density at radius 3 is 2.37 bits per heavy atom. The average molecular weight is 493 g/mol. The molecule has 9 heteroatoms. The summed E-state index contributed by atoms with van der Waals surface area (Å²) in [7, 11) is 0. The second kappa shape index (κ2) is 10.6. The maximum atomic E-state index is 12.3. The number of aryl methyl sites for hydroxylation is 1. The van der Waals surface area contributed by atoms with Crippen LogP contribution in [0.25, 0.3) is 16.8 Å². The summed E-state index contributed by atoms with van der Waals surface area (Å²) in [6, 6.07) is 13.2. The van der Waals surface area contributed by atoms with Crippen LogP contribution in [-0.4, -0.2) is 39.8 Å². The largest absolute Gasteiger partial charge is 0.449 e. The van der Waals surface area contributed by atoms with Crippen LogP contribution in [0.5, 0.6) is 0 Å². The number of fused-ring (bicyclic) bond motifs is 1. The number of aromatic nitrogens is 3. The first-order valence-corrected chi connectivity index (χ1v) is 11.6. The molecule has 3 heterocycles. The van der Waals surface area contributed by atoms with Gasteiger partial charge in [0, 0.05) is 35.6 Å². The number of hydrogen-bond donors (Lipinski definition) is 0. The molecule has 4 rings (SSSR count). The lowest BCUT2D eigenvalue weighted by Gasteiger charge is -2.18. The average Bonchev–Trinajstić information content (AvgIpc) is 3.20. The number of carbonyl (C=O) groups is 2. The van der Waals surface area contributed by atoms with Crippen LogP contribution in [0.2, 0.25) is 5.02 Å². The van der Waals surface area contributed by atoms with Gasteiger partial charge in [-0.3, -0.25) is 0 Å². The van der Waals surface area contributed by atoms with E-state index < -0.39 is 12.2 Å². The van der Waals surface area contributed by atoms with Crippen LogP contribution in [0.1, 0.15) is 30.7 Å². The highest BCUT2D eigenvalue weighted by Crippen LogP contribution is 2.29. The number of pyridine rings is 2. The molecule has 0 fully saturated rings. The Hall–Kier alpha value is -3.91. The van der Waals surface area contributed by atoms with Crippen molar-refractivity contribution in [2.24, 2.45) is 0 Å². The second-order valence-corrected chi connectivity index (χ2v) is 8.26. The number of ether oxygens (including phenoxy) is 2. The van der Waals surface area contributed by atoms with E-state index in [4.69, 9.17) is 21.1 Å². The molecule has 4 aromatic rings. The Kier molecular flexibility index (Phi) is 7.31. The van der Waals surface area contributed by atoms with Crippen molar-refractivity contribution in [3.05, 3.63) is 82.9 Å². The van der Waals surface area contributed by atoms with Gasteiger partial charge in [-0.15, -0.1) is 0 Å². The van der Waals surface area contributed by atoms with E-state index in [-0.39, 0.29) is 19.0 Å². The Morgan fingerprint density at radius 2 is 1.74 bits per heavy atom. The van der Waals surface area contributed by atoms with E-state index in [1.807, 2.05) is 54.0 Å². The van der Waals surface area contributed by atoms with Crippen molar-refractivity contribution in [3.63, 3.8) is 0 Å². The first-order chi connectivity index (χ1) is 16.9. The molecular formula is C26H25ClN4O4. The highest BCUT2D eigenvalue weighted by Gasteiger charge is 2.27. The zero-order valence-electron chi connectivity index (χ0n) is 19.7. The molecule has 0 bridgehead atoms. The smallest absolute Gasteiger partial charge is 0.425 e. The van der Waals surface area contributed by atoms with Gasteiger partial charge in [-0.1, -0.05) is 29.8 Å². The van der Waals surface area contributed by atoms with E-state index in [2.05, 4.69) is 16.0 Å². The van der Waals surface area contributed by atoms with Crippen LogP contribution in [-0.2, 0) is 15.9 Å². The molecule has 0 spiro atoms. The molecule has 0 atom stereocenters. The Balaban J connectivity index is 1.65. The summed E-state index contributed by atoms with van der Waals surface area (Å²) in [6.07, 6.45) is 4.54. The first kappa shape index (κ1) is 24.2. The van der Waals surface area contributed by atoms with Crippen molar-refractivity contribution in [2.75, 3.05) is 18.1 Å². The van der Waals surface area contributed by atoms with E-state index in [0.717, 1.165) is 38.5 Å². The monoisotopic (exact) mass is 492 g/mol. The maximum Gasteiger partial charge on any atom is 0.425 e. The fourth-order valence-electron chi connectivity index (χ4n) is 3.77. The number of anilines is 1. The van der Waals surface area contributed by atoms with Gasteiger partial charge < -0.3 is 13.9 Å². The van der Waals surface area contributed by atoms with E-state index in [1.165, 1.54) is 0 Å². The minimum Gasteiger partial charge on any atom is -0.449 e. The van der Waals surface area contributed by atoms with Crippen molar-refractivity contribution in [2.45, 2.75) is 27.2 Å². The molecule has 35 heavy (non-hydrogen) atoms. The van der Waals surface area contributed by atoms with Crippen LogP contribution >= 0.6 is 11.6 Å². The fourth-order valence-corrected chi connectivity index (χ4v) is 3.96. The first-order valence-electron chi connectivity index (χ1n) is 11.2. The van der Waals surface area contributed by atoms with E-state index >= 15 is 0 Å². The number of nitrogens with zero attached hydrogens (tertiary/aromatic N) is 4. The molecule has 0 aliphatic carbocycles. The lowest BCUT2D eigenvalue weighted by Crippen LogP contribution is -2.38. The van der Waals surface area contributed by atoms with Crippen LogP contribution < -0.4 is 4.90 Å². The number of imidazole rings is 1. The Labute approximate surface area is 208 Å². The summed E-state index contributed by atoms with van der Waals surface area (Å²) in [5.74, 6) is 0.131. The van der Waals surface area contributed by atoms with Crippen LogP contribution in [0.3, 0.4) is 0 Å². The molecule has 0 N–H and O–H groups in total. The van der Waals surface area contributed by atoms with E-state index in [1.54, 1.807) is 26.1 Å². The normalized spacial score (nSPS) is 10.9. The van der Waals surface area contributed by atoms with Crippen molar-refractivity contribution in [1.82, 2.24) is 14.4 Å². The molecule has 180 valence electrons. The summed E-state index contributed by atoms with van der Waals surface area (Å²) in [5.41, 5.74) is 5.64. The Bertz CT molecular complexity index is 1350. The zero-order valence-corrected chi connectivity index (χ0v) is 20.5. The third-order valence-corrected chi connectivity index (χ3v) is 5.45. The molecule has 0 aliphatic heterocycles. The molecule has 0 saturated carbocycles. The summed E-state index contributed by atoms with van der Waals surface area (Å²) in [6.45, 7) is 5.52. The van der Waals surface area contributed by atoms with Crippen LogP contribution in [0, 0.1) is 6.92 Å². The molecule has 2 amide bonds. The van der Waals surface area contributed by atoms with Crippen molar-refractivity contribution < 1.29 is 19.1 Å². The topological polar surface area (TPSA) is 86.0 Å². The van der Waals surface area contributed by atoms with Crippen LogP contribution in [0.15, 0.2) is 61.1 Å². The molecule has 0 aliphatic rings. The maximum absolute atomic E-state index is 12.3. The van der Waals surface area contributed by atoms with Crippen LogP contribution in [0.4, 0.5) is 15.4 Å². The predicted octanol–water partition coefficient (Wildman–Crippen LogP) is 6.07. The summed E-state index contributed by atoms with van der Waals surface area (Å²) >= 11 is 6.24. The van der Waals surface area contributed by atoms with Gasteiger partial charge in [-0.25, -0.2) is 19.6 Å². The van der Waals surface area contributed by atoms with Gasteiger partial charge in [-0.2, -0.15) is 4.90 Å². The molecule has 0 saturated heterocycles. The molecule has 3 aromatic heterocycles. The van der Waals surface area contributed by atoms with E-state index in [0.29, 0.717) is 11.4 Å². The summed E-state index contributed by atoms with van der Waals surface area (Å²) in [4.78, 5) is 34.4. The van der Waals surface area contributed by atoms with Crippen molar-refractivity contribution in [3.8, 4) is 11.1 Å². The van der Waals surface area contributed by atoms with Crippen molar-refractivity contribution in [1.29, 1.82) is 0 Å². The predicted molar refractivity (Wildman–Crippen MR) is 134 cm³/mol. The molecular weight excluding hydrogens is 468 g/mol. The fraction of sp³-hybridized carbons (Fsp3) is 0.231. The van der Waals surface area contributed by atoms with E-state index in [9.17, 15) is 9.59 Å². The van der Waals surface area contributed by atoms with Gasteiger partial charge in [0.1, 0.15) is 11.5 Å². The highest BCUT2D eigenvalue weighted by molar-refractivity contribution is 6.30. The van der Waals surface area contributed by atoms with Gasteiger partial charge in [-0.05, 0) is 61.7 Å².